The fourth-order valence-corrected chi connectivity index (χ4v) is 2.56. The zero-order valence-electron chi connectivity index (χ0n) is 10.4. The zero-order chi connectivity index (χ0) is 10.6. The van der Waals surface area contributed by atoms with E-state index in [0.717, 1.165) is 23.7 Å². The summed E-state index contributed by atoms with van der Waals surface area (Å²) in [6.07, 6.45) is 9.89. The van der Waals surface area contributed by atoms with Gasteiger partial charge in [-0.25, -0.2) is 0 Å². The largest absolute Gasteiger partial charge is 0.0625 e. The highest BCUT2D eigenvalue weighted by molar-refractivity contribution is 4.88. The Morgan fingerprint density at radius 2 is 1.21 bits per heavy atom. The summed E-state index contributed by atoms with van der Waals surface area (Å²) in [7, 11) is 0. The average molecular weight is 195 g/mol. The molecule has 0 aromatic heterocycles. The van der Waals surface area contributed by atoms with Gasteiger partial charge < -0.3 is 0 Å². The molecule has 0 amide bonds. The van der Waals surface area contributed by atoms with Gasteiger partial charge in [0.25, 0.3) is 0 Å². The third kappa shape index (κ3) is 3.63. The van der Waals surface area contributed by atoms with E-state index in [9.17, 15) is 0 Å². The van der Waals surface area contributed by atoms with E-state index in [1.165, 1.54) is 32.1 Å². The summed E-state index contributed by atoms with van der Waals surface area (Å²) in [4.78, 5) is 0. The number of hydrogen-bond donors (Lipinski definition) is 0. The molecule has 83 valence electrons. The van der Waals surface area contributed by atoms with Gasteiger partial charge in [-0.1, -0.05) is 47.0 Å². The molecule has 0 saturated heterocycles. The van der Waals surface area contributed by atoms with E-state index in [2.05, 4.69) is 34.1 Å². The Morgan fingerprint density at radius 3 is 1.57 bits per heavy atom. The standard InChI is InChI=1S/C14H27/c1-11(2)13-8-6-5-7-9-14(10-13)12(3)4/h10-14H,5-9H2,1-4H3. The molecule has 0 spiro atoms. The molecule has 1 rings (SSSR count). The van der Waals surface area contributed by atoms with Gasteiger partial charge in [0.1, 0.15) is 0 Å². The Morgan fingerprint density at radius 1 is 0.786 bits per heavy atom. The first-order valence-corrected chi connectivity index (χ1v) is 6.46. The monoisotopic (exact) mass is 195 g/mol. The van der Waals surface area contributed by atoms with Crippen molar-refractivity contribution in [1.82, 2.24) is 0 Å². The van der Waals surface area contributed by atoms with E-state index >= 15 is 0 Å². The van der Waals surface area contributed by atoms with Crippen LogP contribution < -0.4 is 0 Å². The van der Waals surface area contributed by atoms with Crippen molar-refractivity contribution in [2.24, 2.45) is 23.7 Å². The summed E-state index contributed by atoms with van der Waals surface area (Å²) in [5.74, 6) is 3.44. The van der Waals surface area contributed by atoms with Gasteiger partial charge in [0, 0.05) is 0 Å². The predicted molar refractivity (Wildman–Crippen MR) is 64.0 cm³/mol. The summed E-state index contributed by atoms with van der Waals surface area (Å²) in [5.41, 5.74) is 0. The van der Waals surface area contributed by atoms with Gasteiger partial charge in [-0.2, -0.15) is 0 Å². The minimum absolute atomic E-state index is 0.842. The molecule has 1 aliphatic carbocycles. The van der Waals surface area contributed by atoms with Crippen LogP contribution >= 0.6 is 0 Å². The first-order chi connectivity index (χ1) is 6.61. The molecule has 0 heteroatoms. The maximum absolute atomic E-state index is 2.68. The number of rotatable bonds is 2. The molecule has 2 unspecified atom stereocenters. The van der Waals surface area contributed by atoms with E-state index in [1.54, 1.807) is 0 Å². The van der Waals surface area contributed by atoms with Crippen molar-refractivity contribution in [2.45, 2.75) is 59.8 Å². The molecule has 2 atom stereocenters. The highest BCUT2D eigenvalue weighted by Crippen LogP contribution is 2.33. The molecule has 14 heavy (non-hydrogen) atoms. The molecule has 1 radical (unpaired) electrons. The highest BCUT2D eigenvalue weighted by atomic mass is 14.3. The van der Waals surface area contributed by atoms with Gasteiger partial charge in [0.2, 0.25) is 0 Å². The van der Waals surface area contributed by atoms with Crippen molar-refractivity contribution < 1.29 is 0 Å². The molecule has 0 heterocycles. The minimum Gasteiger partial charge on any atom is -0.0625 e. The lowest BCUT2D eigenvalue weighted by Gasteiger charge is -2.30. The first kappa shape index (κ1) is 12.1. The van der Waals surface area contributed by atoms with E-state index in [0.29, 0.717) is 0 Å². The molecule has 0 bridgehead atoms. The van der Waals surface area contributed by atoms with Crippen LogP contribution in [0.2, 0.25) is 0 Å². The van der Waals surface area contributed by atoms with Crippen molar-refractivity contribution in [1.29, 1.82) is 0 Å². The van der Waals surface area contributed by atoms with Gasteiger partial charge in [-0.05, 0) is 42.9 Å². The van der Waals surface area contributed by atoms with Gasteiger partial charge in [-0.15, -0.1) is 0 Å². The maximum Gasteiger partial charge on any atom is -0.0319 e. The van der Waals surface area contributed by atoms with Gasteiger partial charge in [-0.3, -0.25) is 0 Å². The van der Waals surface area contributed by atoms with Crippen LogP contribution in [0.1, 0.15) is 59.8 Å². The first-order valence-electron chi connectivity index (χ1n) is 6.46. The molecular formula is C14H27. The summed E-state index contributed by atoms with van der Waals surface area (Å²) >= 11 is 0. The van der Waals surface area contributed by atoms with E-state index < -0.39 is 0 Å². The van der Waals surface area contributed by atoms with Crippen LogP contribution in [0.4, 0.5) is 0 Å². The molecule has 0 aromatic carbocycles. The second-order valence-electron chi connectivity index (χ2n) is 5.65. The normalized spacial score (nSPS) is 30.4. The third-order valence-corrected chi connectivity index (χ3v) is 3.78. The highest BCUT2D eigenvalue weighted by Gasteiger charge is 2.23. The van der Waals surface area contributed by atoms with Gasteiger partial charge >= 0.3 is 0 Å². The van der Waals surface area contributed by atoms with E-state index in [4.69, 9.17) is 0 Å². The van der Waals surface area contributed by atoms with Crippen LogP contribution in [0.5, 0.6) is 0 Å². The second-order valence-corrected chi connectivity index (χ2v) is 5.65. The van der Waals surface area contributed by atoms with Crippen LogP contribution in [0.25, 0.3) is 0 Å². The second kappa shape index (κ2) is 5.78. The van der Waals surface area contributed by atoms with Gasteiger partial charge in [0.15, 0.2) is 0 Å². The van der Waals surface area contributed by atoms with E-state index in [-0.39, 0.29) is 0 Å². The topological polar surface area (TPSA) is 0 Å². The molecule has 1 aliphatic rings. The van der Waals surface area contributed by atoms with Crippen LogP contribution in [-0.2, 0) is 0 Å². The molecule has 0 N–H and O–H groups in total. The molecule has 1 saturated carbocycles. The molecule has 0 aliphatic heterocycles. The quantitative estimate of drug-likeness (QED) is 0.599. The summed E-state index contributed by atoms with van der Waals surface area (Å²) < 4.78 is 0. The van der Waals surface area contributed by atoms with Crippen molar-refractivity contribution in [3.63, 3.8) is 0 Å². The Kier molecular flexibility index (Phi) is 4.98. The third-order valence-electron chi connectivity index (χ3n) is 3.78. The smallest absolute Gasteiger partial charge is 0.0319 e. The van der Waals surface area contributed by atoms with Crippen molar-refractivity contribution in [3.8, 4) is 0 Å². The molecule has 1 fully saturated rings. The molecule has 0 nitrogen and oxygen atoms in total. The van der Waals surface area contributed by atoms with E-state index in [1.807, 2.05) is 0 Å². The predicted octanol–water partition coefficient (Wildman–Crippen LogP) is 4.70. The van der Waals surface area contributed by atoms with Crippen molar-refractivity contribution in [3.05, 3.63) is 6.42 Å². The lowest BCUT2D eigenvalue weighted by atomic mass is 9.75. The molecular weight excluding hydrogens is 168 g/mol. The maximum atomic E-state index is 2.68. The fraction of sp³-hybridized carbons (Fsp3) is 0.929. The Labute approximate surface area is 90.5 Å². The van der Waals surface area contributed by atoms with Crippen molar-refractivity contribution in [2.75, 3.05) is 0 Å². The Hall–Kier alpha value is 0. The van der Waals surface area contributed by atoms with Crippen LogP contribution in [0.3, 0.4) is 0 Å². The summed E-state index contributed by atoms with van der Waals surface area (Å²) in [5, 5.41) is 0. The summed E-state index contributed by atoms with van der Waals surface area (Å²) in [6.45, 7) is 9.50. The van der Waals surface area contributed by atoms with Crippen LogP contribution in [-0.4, -0.2) is 0 Å². The number of hydrogen-bond acceptors (Lipinski definition) is 0. The van der Waals surface area contributed by atoms with Crippen LogP contribution in [0.15, 0.2) is 0 Å². The Balaban J connectivity index is 2.50. The fourth-order valence-electron chi connectivity index (χ4n) is 2.56. The Bertz CT molecular complexity index is 130. The lowest BCUT2D eigenvalue weighted by Crippen LogP contribution is -2.20. The SMILES string of the molecule is CC(C)C1[CH]C(C(C)C)CCCCC1. The van der Waals surface area contributed by atoms with Crippen molar-refractivity contribution >= 4 is 0 Å². The average Bonchev–Trinajstić information content (AvgIpc) is 2.01. The van der Waals surface area contributed by atoms with Gasteiger partial charge in [0.05, 0.1) is 0 Å². The zero-order valence-corrected chi connectivity index (χ0v) is 10.4. The van der Waals surface area contributed by atoms with Crippen LogP contribution in [0, 0.1) is 30.1 Å². The summed E-state index contributed by atoms with van der Waals surface area (Å²) in [6, 6.07) is 0. The lowest BCUT2D eigenvalue weighted by molar-refractivity contribution is 0.281. The minimum atomic E-state index is 0.842. The molecule has 0 aromatic rings.